The van der Waals surface area contributed by atoms with E-state index in [-0.39, 0.29) is 0 Å². The first-order valence-corrected chi connectivity index (χ1v) is 9.54. The topological polar surface area (TPSA) is 12.0 Å². The maximum atomic E-state index is 3.67. The molecule has 0 radical (unpaired) electrons. The van der Waals surface area contributed by atoms with Crippen LogP contribution < -0.4 is 5.32 Å². The van der Waals surface area contributed by atoms with Crippen molar-refractivity contribution in [3.63, 3.8) is 0 Å². The maximum Gasteiger partial charge on any atom is 0.0766 e. The Morgan fingerprint density at radius 1 is 1.16 bits per heavy atom. The van der Waals surface area contributed by atoms with Crippen molar-refractivity contribution in [3.8, 4) is 0 Å². The molecule has 0 saturated carbocycles. The first kappa shape index (κ1) is 13.8. The summed E-state index contributed by atoms with van der Waals surface area (Å²) in [6.45, 7) is 3.26. The van der Waals surface area contributed by atoms with Gasteiger partial charge in [-0.25, -0.2) is 0 Å². The van der Waals surface area contributed by atoms with Gasteiger partial charge in [-0.15, -0.1) is 34.0 Å². The maximum absolute atomic E-state index is 3.67. The summed E-state index contributed by atoms with van der Waals surface area (Å²) in [5.41, 5.74) is 0. The number of fused-ring (bicyclic) bond motifs is 1. The number of hydrogen-bond acceptors (Lipinski definition) is 4. The van der Waals surface area contributed by atoms with Gasteiger partial charge in [0, 0.05) is 19.2 Å². The third-order valence-electron chi connectivity index (χ3n) is 2.92. The molecule has 1 atom stereocenters. The van der Waals surface area contributed by atoms with Gasteiger partial charge in [-0.1, -0.05) is 6.92 Å². The standard InChI is InChI=1S/C14H14BrNS3/c1-2-6-16-14(10-3-4-13(15)19-10)12-8-11-9(18-12)5-7-17-11/h3-5,7-8,14,16H,2,6H2,1H3. The highest BCUT2D eigenvalue weighted by molar-refractivity contribution is 9.11. The molecule has 0 aliphatic rings. The zero-order chi connectivity index (χ0) is 13.2. The monoisotopic (exact) mass is 371 g/mol. The van der Waals surface area contributed by atoms with Crippen molar-refractivity contribution >= 4 is 59.3 Å². The molecule has 0 amide bonds. The molecule has 0 saturated heterocycles. The van der Waals surface area contributed by atoms with Gasteiger partial charge in [-0.05, 0) is 58.5 Å². The molecule has 19 heavy (non-hydrogen) atoms. The highest BCUT2D eigenvalue weighted by Crippen LogP contribution is 2.38. The summed E-state index contributed by atoms with van der Waals surface area (Å²) in [5.74, 6) is 0. The normalized spacial score (nSPS) is 13.2. The lowest BCUT2D eigenvalue weighted by Gasteiger charge is -2.15. The molecule has 0 fully saturated rings. The fourth-order valence-corrected chi connectivity index (χ4v) is 5.85. The Balaban J connectivity index is 1.96. The second-order valence-corrected chi connectivity index (χ2v) is 8.88. The molecule has 3 aromatic heterocycles. The Labute approximate surface area is 133 Å². The van der Waals surface area contributed by atoms with E-state index < -0.39 is 0 Å². The van der Waals surface area contributed by atoms with E-state index >= 15 is 0 Å². The highest BCUT2D eigenvalue weighted by atomic mass is 79.9. The molecule has 0 bridgehead atoms. The quantitative estimate of drug-likeness (QED) is 0.590. The predicted octanol–water partition coefficient (Wildman–Crippen LogP) is 5.88. The molecular formula is C14H14BrNS3. The van der Waals surface area contributed by atoms with E-state index in [0.29, 0.717) is 6.04 Å². The summed E-state index contributed by atoms with van der Waals surface area (Å²) < 4.78 is 4.00. The van der Waals surface area contributed by atoms with Crippen molar-refractivity contribution in [2.45, 2.75) is 19.4 Å². The molecule has 0 aliphatic heterocycles. The third-order valence-corrected chi connectivity index (χ3v) is 6.77. The van der Waals surface area contributed by atoms with Crippen molar-refractivity contribution in [2.75, 3.05) is 6.54 Å². The van der Waals surface area contributed by atoms with Gasteiger partial charge < -0.3 is 5.32 Å². The number of nitrogens with one attached hydrogen (secondary N) is 1. The van der Waals surface area contributed by atoms with E-state index in [2.05, 4.69) is 57.8 Å². The molecule has 0 spiro atoms. The second-order valence-electron chi connectivity index (χ2n) is 4.33. The van der Waals surface area contributed by atoms with Gasteiger partial charge in [0.25, 0.3) is 0 Å². The summed E-state index contributed by atoms with van der Waals surface area (Å²) in [6.07, 6.45) is 1.16. The van der Waals surface area contributed by atoms with E-state index in [1.54, 1.807) is 0 Å². The number of thiophene rings is 3. The van der Waals surface area contributed by atoms with Gasteiger partial charge in [-0.3, -0.25) is 0 Å². The lowest BCUT2D eigenvalue weighted by atomic mass is 10.2. The Morgan fingerprint density at radius 2 is 2.05 bits per heavy atom. The van der Waals surface area contributed by atoms with E-state index in [9.17, 15) is 0 Å². The third kappa shape index (κ3) is 2.95. The summed E-state index contributed by atoms with van der Waals surface area (Å²) in [6, 6.07) is 9.24. The molecule has 1 nitrogen and oxygen atoms in total. The Morgan fingerprint density at radius 3 is 2.74 bits per heavy atom. The summed E-state index contributed by atoms with van der Waals surface area (Å²) in [5, 5.41) is 5.84. The van der Waals surface area contributed by atoms with Crippen LogP contribution in [0.25, 0.3) is 9.40 Å². The fourth-order valence-electron chi connectivity index (χ4n) is 2.04. The average Bonchev–Trinajstić information content (AvgIpc) is 3.05. The second kappa shape index (κ2) is 6.06. The van der Waals surface area contributed by atoms with Gasteiger partial charge >= 0.3 is 0 Å². The number of halogens is 1. The van der Waals surface area contributed by atoms with E-state index in [1.165, 1.54) is 22.9 Å². The van der Waals surface area contributed by atoms with E-state index in [4.69, 9.17) is 0 Å². The molecule has 3 aromatic rings. The van der Waals surface area contributed by atoms with Crippen LogP contribution in [0.2, 0.25) is 0 Å². The average molecular weight is 372 g/mol. The Bertz CT molecular complexity index is 638. The van der Waals surface area contributed by atoms with Crippen LogP contribution in [0.3, 0.4) is 0 Å². The molecule has 1 N–H and O–H groups in total. The van der Waals surface area contributed by atoms with Crippen LogP contribution in [-0.4, -0.2) is 6.54 Å². The molecule has 5 heteroatoms. The Hall–Kier alpha value is -0.200. The van der Waals surface area contributed by atoms with E-state index in [0.717, 1.165) is 13.0 Å². The molecule has 0 aliphatic carbocycles. The summed E-state index contributed by atoms with van der Waals surface area (Å²) in [4.78, 5) is 2.80. The minimum Gasteiger partial charge on any atom is -0.305 e. The van der Waals surface area contributed by atoms with Crippen molar-refractivity contribution in [1.82, 2.24) is 5.32 Å². The molecule has 1 unspecified atom stereocenters. The zero-order valence-electron chi connectivity index (χ0n) is 10.5. The van der Waals surface area contributed by atoms with Crippen LogP contribution in [0.1, 0.15) is 29.1 Å². The zero-order valence-corrected chi connectivity index (χ0v) is 14.5. The minimum absolute atomic E-state index is 0.334. The van der Waals surface area contributed by atoms with Crippen LogP contribution in [0, 0.1) is 0 Å². The van der Waals surface area contributed by atoms with E-state index in [1.807, 2.05) is 34.0 Å². The van der Waals surface area contributed by atoms with Crippen molar-refractivity contribution < 1.29 is 0 Å². The van der Waals surface area contributed by atoms with Crippen molar-refractivity contribution in [1.29, 1.82) is 0 Å². The van der Waals surface area contributed by atoms with Gasteiger partial charge in [0.2, 0.25) is 0 Å². The Kier molecular flexibility index (Phi) is 4.39. The first-order chi connectivity index (χ1) is 9.28. The fraction of sp³-hybridized carbons (Fsp3) is 0.286. The van der Waals surface area contributed by atoms with Gasteiger partial charge in [0.05, 0.1) is 9.83 Å². The van der Waals surface area contributed by atoms with Gasteiger partial charge in [0.15, 0.2) is 0 Å². The smallest absolute Gasteiger partial charge is 0.0766 e. The molecule has 3 rings (SSSR count). The summed E-state index contributed by atoms with van der Waals surface area (Å²) >= 11 is 9.11. The van der Waals surface area contributed by atoms with Crippen LogP contribution in [0.4, 0.5) is 0 Å². The van der Waals surface area contributed by atoms with Gasteiger partial charge in [0.1, 0.15) is 0 Å². The molecule has 100 valence electrons. The van der Waals surface area contributed by atoms with Gasteiger partial charge in [-0.2, -0.15) is 0 Å². The van der Waals surface area contributed by atoms with Crippen molar-refractivity contribution in [2.24, 2.45) is 0 Å². The number of hydrogen-bond donors (Lipinski definition) is 1. The van der Waals surface area contributed by atoms with Crippen LogP contribution in [0.15, 0.2) is 33.4 Å². The highest BCUT2D eigenvalue weighted by Gasteiger charge is 2.18. The van der Waals surface area contributed by atoms with Crippen molar-refractivity contribution in [3.05, 3.63) is 43.2 Å². The van der Waals surface area contributed by atoms with Crippen LogP contribution in [-0.2, 0) is 0 Å². The number of rotatable bonds is 5. The molecule has 3 heterocycles. The van der Waals surface area contributed by atoms with Crippen LogP contribution in [0.5, 0.6) is 0 Å². The summed E-state index contributed by atoms with van der Waals surface area (Å²) in [7, 11) is 0. The lowest BCUT2D eigenvalue weighted by molar-refractivity contribution is 0.613. The minimum atomic E-state index is 0.334. The largest absolute Gasteiger partial charge is 0.305 e. The SMILES string of the molecule is CCCNC(c1ccc(Br)s1)c1cc2sccc2s1. The molecule has 0 aromatic carbocycles. The molecular weight excluding hydrogens is 358 g/mol. The lowest BCUT2D eigenvalue weighted by Crippen LogP contribution is -2.21. The first-order valence-electron chi connectivity index (χ1n) is 6.23. The van der Waals surface area contributed by atoms with Crippen LogP contribution >= 0.6 is 49.9 Å². The predicted molar refractivity (Wildman–Crippen MR) is 91.9 cm³/mol.